The molecule has 2 aromatic carbocycles. The number of likely N-dealkylation sites (tertiary alicyclic amines) is 1. The number of aliphatic hydroxyl groups is 1. The molecular formula is C37H46BrN3O6. The van der Waals surface area contributed by atoms with Gasteiger partial charge in [0.05, 0.1) is 37.2 Å². The van der Waals surface area contributed by atoms with Crippen LogP contribution < -0.4 is 9.80 Å². The number of carbonyl (C=O) groups is 3. The number of hydrogen-bond acceptors (Lipinski definition) is 7. The molecule has 7 atom stereocenters. The lowest BCUT2D eigenvalue weighted by molar-refractivity contribution is -0.155. The Morgan fingerprint density at radius 1 is 1.11 bits per heavy atom. The molecule has 3 aliphatic rings. The summed E-state index contributed by atoms with van der Waals surface area (Å²) in [5.74, 6) is -3.04. The Bertz CT molecular complexity index is 1430. The average Bonchev–Trinajstić information content (AvgIpc) is 3.68. The van der Waals surface area contributed by atoms with Gasteiger partial charge in [0.15, 0.2) is 0 Å². The Balaban J connectivity index is 1.56. The molecule has 3 saturated heterocycles. The van der Waals surface area contributed by atoms with Gasteiger partial charge in [-0.1, -0.05) is 58.4 Å². The molecule has 252 valence electrons. The Labute approximate surface area is 286 Å². The predicted molar refractivity (Wildman–Crippen MR) is 187 cm³/mol. The fourth-order valence-electron chi connectivity index (χ4n) is 7.67. The number of nitrogens with zero attached hydrogens (tertiary/aromatic N) is 3. The predicted octanol–water partition coefficient (Wildman–Crippen LogP) is 4.91. The van der Waals surface area contributed by atoms with Crippen LogP contribution in [0.3, 0.4) is 0 Å². The van der Waals surface area contributed by atoms with Crippen LogP contribution in [0.2, 0.25) is 0 Å². The van der Waals surface area contributed by atoms with Gasteiger partial charge < -0.3 is 29.3 Å². The summed E-state index contributed by atoms with van der Waals surface area (Å²) in [4.78, 5) is 48.4. The second kappa shape index (κ2) is 15.2. The summed E-state index contributed by atoms with van der Waals surface area (Å²) in [5.41, 5.74) is 1.32. The highest BCUT2D eigenvalue weighted by Crippen LogP contribution is 2.61. The quantitative estimate of drug-likeness (QED) is 0.115. The van der Waals surface area contributed by atoms with Gasteiger partial charge in [-0.15, -0.1) is 13.2 Å². The summed E-state index contributed by atoms with van der Waals surface area (Å²) in [5, 5.41) is 10.8. The minimum absolute atomic E-state index is 0.196. The maximum absolute atomic E-state index is 15.0. The summed E-state index contributed by atoms with van der Waals surface area (Å²) in [6.45, 7) is 13.6. The molecule has 3 fully saturated rings. The number of unbranched alkanes of at least 4 members (excludes halogenated alkanes) is 1. The monoisotopic (exact) mass is 707 g/mol. The van der Waals surface area contributed by atoms with E-state index in [1.807, 2.05) is 54.6 Å². The van der Waals surface area contributed by atoms with E-state index in [9.17, 15) is 14.7 Å². The van der Waals surface area contributed by atoms with Crippen LogP contribution in [0, 0.1) is 11.8 Å². The van der Waals surface area contributed by atoms with Crippen LogP contribution >= 0.6 is 15.9 Å². The van der Waals surface area contributed by atoms with Crippen molar-refractivity contribution in [3.8, 4) is 0 Å². The molecule has 47 heavy (non-hydrogen) atoms. The Kier molecular flexibility index (Phi) is 11.3. The molecular weight excluding hydrogens is 662 g/mol. The number of ether oxygens (including phenoxy) is 2. The third-order valence-corrected chi connectivity index (χ3v) is 10.7. The van der Waals surface area contributed by atoms with Crippen molar-refractivity contribution in [3.63, 3.8) is 0 Å². The zero-order valence-corrected chi connectivity index (χ0v) is 28.9. The van der Waals surface area contributed by atoms with E-state index in [0.29, 0.717) is 31.4 Å². The zero-order valence-electron chi connectivity index (χ0n) is 27.3. The van der Waals surface area contributed by atoms with Crippen molar-refractivity contribution in [2.45, 2.75) is 68.1 Å². The van der Waals surface area contributed by atoms with E-state index in [4.69, 9.17) is 9.47 Å². The van der Waals surface area contributed by atoms with E-state index >= 15 is 4.79 Å². The Morgan fingerprint density at radius 3 is 2.40 bits per heavy atom. The number of anilines is 2. The summed E-state index contributed by atoms with van der Waals surface area (Å²) >= 11 is 3.73. The number of allylic oxidation sites excluding steroid dienone is 1. The van der Waals surface area contributed by atoms with Gasteiger partial charge in [0.2, 0.25) is 5.91 Å². The maximum atomic E-state index is 15.0. The minimum Gasteiger partial charge on any atom is -0.465 e. The molecule has 10 heteroatoms. The van der Waals surface area contributed by atoms with Gasteiger partial charge in [0, 0.05) is 35.8 Å². The van der Waals surface area contributed by atoms with Crippen molar-refractivity contribution in [3.05, 3.63) is 85.5 Å². The van der Waals surface area contributed by atoms with Crippen molar-refractivity contribution in [2.75, 3.05) is 42.6 Å². The van der Waals surface area contributed by atoms with E-state index in [1.165, 1.54) is 4.90 Å². The number of benzene rings is 2. The molecule has 5 rings (SSSR count). The van der Waals surface area contributed by atoms with E-state index < -0.39 is 41.6 Å². The number of aliphatic hydroxyl groups excluding tert-OH is 1. The van der Waals surface area contributed by atoms with E-state index in [0.717, 1.165) is 24.3 Å². The maximum Gasteiger partial charge on any atom is 0.312 e. The van der Waals surface area contributed by atoms with Gasteiger partial charge in [-0.05, 0) is 69.4 Å². The Hall–Kier alpha value is -3.47. The first-order valence-electron chi connectivity index (χ1n) is 16.6. The number of amides is 2. The van der Waals surface area contributed by atoms with Crippen molar-refractivity contribution < 1.29 is 29.0 Å². The second-order valence-corrected chi connectivity index (χ2v) is 13.6. The van der Waals surface area contributed by atoms with Gasteiger partial charge in [-0.3, -0.25) is 14.4 Å². The van der Waals surface area contributed by atoms with Crippen LogP contribution in [0.25, 0.3) is 0 Å². The minimum atomic E-state index is -1.29. The third kappa shape index (κ3) is 6.52. The fourth-order valence-corrected chi connectivity index (χ4v) is 8.62. The van der Waals surface area contributed by atoms with E-state index in [-0.39, 0.29) is 36.4 Å². The van der Waals surface area contributed by atoms with E-state index in [1.54, 1.807) is 17.1 Å². The number of fused-ring (bicyclic) bond motifs is 1. The molecule has 3 heterocycles. The summed E-state index contributed by atoms with van der Waals surface area (Å²) in [6, 6.07) is 15.5. The summed E-state index contributed by atoms with van der Waals surface area (Å²) in [6.07, 6.45) is 4.79. The van der Waals surface area contributed by atoms with Crippen LogP contribution in [-0.4, -0.2) is 89.3 Å². The van der Waals surface area contributed by atoms with Crippen LogP contribution in [0.5, 0.6) is 0 Å². The third-order valence-electron chi connectivity index (χ3n) is 9.82. The van der Waals surface area contributed by atoms with Crippen LogP contribution in [0.4, 0.5) is 11.4 Å². The van der Waals surface area contributed by atoms with Gasteiger partial charge in [0.1, 0.15) is 11.6 Å². The highest BCUT2D eigenvalue weighted by molar-refractivity contribution is 9.09. The van der Waals surface area contributed by atoms with Crippen molar-refractivity contribution >= 4 is 45.1 Å². The molecule has 3 unspecified atom stereocenters. The zero-order chi connectivity index (χ0) is 33.7. The standard InChI is InChI=1S/C37H46BrN3O6/c1-5-9-13-21-46-36(45)30-31-34(43)41(28(24-42)22-25-14-11-10-12-15-25)33(37(31)23-29(38)32(30)47-37)35(44)40(20-6-2)27-18-16-26(17-19-27)39(7-3)8-4/h5-6,10-12,14-19,28-33,42H,1-2,7-9,13,20-24H2,3-4H3/t28-,29?,30+,31+,32+,33?,37?/m1/s1. The molecule has 0 aliphatic carbocycles. The van der Waals surface area contributed by atoms with Crippen molar-refractivity contribution in [2.24, 2.45) is 11.8 Å². The number of rotatable bonds is 16. The van der Waals surface area contributed by atoms with Gasteiger partial charge in [-0.2, -0.15) is 0 Å². The van der Waals surface area contributed by atoms with Crippen LogP contribution in [0.1, 0.15) is 38.7 Å². The molecule has 2 amide bonds. The summed E-state index contributed by atoms with van der Waals surface area (Å²) < 4.78 is 12.4. The number of carbonyl (C=O) groups excluding carboxylic acids is 3. The van der Waals surface area contributed by atoms with Crippen LogP contribution in [0.15, 0.2) is 79.9 Å². The lowest BCUT2D eigenvalue weighted by Crippen LogP contribution is -2.59. The normalized spacial score (nSPS) is 26.5. The first-order chi connectivity index (χ1) is 22.8. The largest absolute Gasteiger partial charge is 0.465 e. The van der Waals surface area contributed by atoms with Gasteiger partial charge in [-0.25, -0.2) is 0 Å². The SMILES string of the molecule is C=CCCCOC(=O)[C@H]1[C@H]2C(=O)N([C@@H](CO)Cc3ccccc3)C(C(=O)N(CC=C)c3ccc(N(CC)CC)cc3)C23CC(Br)[C@@H]1O3. The first-order valence-corrected chi connectivity index (χ1v) is 17.5. The number of alkyl halides is 1. The van der Waals surface area contributed by atoms with E-state index in [2.05, 4.69) is 47.8 Å². The molecule has 0 aromatic heterocycles. The smallest absolute Gasteiger partial charge is 0.312 e. The number of esters is 1. The molecule has 1 spiro atoms. The Morgan fingerprint density at radius 2 is 1.79 bits per heavy atom. The van der Waals surface area contributed by atoms with Crippen molar-refractivity contribution in [1.82, 2.24) is 4.90 Å². The van der Waals surface area contributed by atoms with Gasteiger partial charge in [0.25, 0.3) is 5.91 Å². The molecule has 9 nitrogen and oxygen atoms in total. The molecule has 3 aliphatic heterocycles. The molecule has 2 aromatic rings. The average molecular weight is 709 g/mol. The highest BCUT2D eigenvalue weighted by Gasteiger charge is 2.77. The van der Waals surface area contributed by atoms with Crippen molar-refractivity contribution in [1.29, 1.82) is 0 Å². The second-order valence-electron chi connectivity index (χ2n) is 12.5. The molecule has 2 bridgehead atoms. The lowest BCUT2D eigenvalue weighted by atomic mass is 9.70. The number of hydrogen-bond donors (Lipinski definition) is 1. The van der Waals surface area contributed by atoms with Gasteiger partial charge >= 0.3 is 5.97 Å². The molecule has 0 radical (unpaired) electrons. The number of halogens is 1. The first kappa shape index (κ1) is 34.9. The lowest BCUT2D eigenvalue weighted by Gasteiger charge is -2.39. The molecule has 0 saturated carbocycles. The summed E-state index contributed by atoms with van der Waals surface area (Å²) in [7, 11) is 0. The fraction of sp³-hybridized carbons (Fsp3) is 0.486. The molecule has 1 N–H and O–H groups in total. The van der Waals surface area contributed by atoms with Crippen LogP contribution in [-0.2, 0) is 30.3 Å². The highest BCUT2D eigenvalue weighted by atomic mass is 79.9. The topological polar surface area (TPSA) is 99.6 Å².